The van der Waals surface area contributed by atoms with E-state index in [2.05, 4.69) is 10.6 Å². The Kier molecular flexibility index (Phi) is 6.23. The van der Waals surface area contributed by atoms with Crippen LogP contribution in [0.3, 0.4) is 0 Å². The van der Waals surface area contributed by atoms with Gasteiger partial charge in [-0.3, -0.25) is 9.59 Å². The molecule has 0 aromatic rings. The molecule has 3 atom stereocenters. The van der Waals surface area contributed by atoms with Crippen LogP contribution in [-0.2, 0) is 14.4 Å². The molecule has 0 radical (unpaired) electrons. The van der Waals surface area contributed by atoms with E-state index in [9.17, 15) is 14.4 Å². The Morgan fingerprint density at radius 2 is 1.71 bits per heavy atom. The predicted octanol–water partition coefficient (Wildman–Crippen LogP) is 0.127. The first kappa shape index (κ1) is 15.4. The second-order valence-corrected chi connectivity index (χ2v) is 4.13. The Bertz CT molecular complexity index is 304. The Morgan fingerprint density at radius 1 is 1.18 bits per heavy atom. The molecular formula is C11H20N2O4. The van der Waals surface area contributed by atoms with Crippen LogP contribution in [-0.4, -0.2) is 35.0 Å². The summed E-state index contributed by atoms with van der Waals surface area (Å²) in [6.45, 7) is 6.41. The maximum atomic E-state index is 11.6. The molecule has 0 aliphatic carbocycles. The molecule has 0 fully saturated rings. The molecule has 0 heterocycles. The van der Waals surface area contributed by atoms with Crippen LogP contribution < -0.4 is 10.6 Å². The zero-order valence-electron chi connectivity index (χ0n) is 10.6. The highest BCUT2D eigenvalue weighted by atomic mass is 16.4. The zero-order chi connectivity index (χ0) is 13.6. The molecule has 0 saturated heterocycles. The molecule has 0 aliphatic rings. The number of carbonyl (C=O) groups is 3. The predicted molar refractivity (Wildman–Crippen MR) is 62.3 cm³/mol. The van der Waals surface area contributed by atoms with E-state index in [4.69, 9.17) is 5.11 Å². The second-order valence-electron chi connectivity index (χ2n) is 4.13. The molecule has 0 aliphatic heterocycles. The van der Waals surface area contributed by atoms with E-state index in [1.165, 1.54) is 13.8 Å². The molecule has 3 N–H and O–H groups in total. The highest BCUT2D eigenvalue weighted by Gasteiger charge is 2.27. The molecule has 0 spiro atoms. The number of nitrogens with one attached hydrogen (secondary N) is 2. The average Bonchev–Trinajstić information content (AvgIpc) is 2.22. The molecule has 6 heteroatoms. The highest BCUT2D eigenvalue weighted by molar-refractivity contribution is 5.89. The summed E-state index contributed by atoms with van der Waals surface area (Å²) >= 11 is 0. The average molecular weight is 244 g/mol. The van der Waals surface area contributed by atoms with Crippen molar-refractivity contribution >= 4 is 17.8 Å². The summed E-state index contributed by atoms with van der Waals surface area (Å²) in [7, 11) is 0. The van der Waals surface area contributed by atoms with Crippen molar-refractivity contribution in [3.05, 3.63) is 0 Å². The first-order valence-electron chi connectivity index (χ1n) is 5.59. The Labute approximate surface area is 101 Å². The van der Waals surface area contributed by atoms with Gasteiger partial charge >= 0.3 is 5.97 Å². The van der Waals surface area contributed by atoms with Crippen molar-refractivity contribution in [3.63, 3.8) is 0 Å². The fraction of sp³-hybridized carbons (Fsp3) is 0.727. The lowest BCUT2D eigenvalue weighted by Gasteiger charge is -2.22. The zero-order valence-corrected chi connectivity index (χ0v) is 10.6. The van der Waals surface area contributed by atoms with E-state index in [0.29, 0.717) is 6.42 Å². The van der Waals surface area contributed by atoms with Gasteiger partial charge in [-0.2, -0.15) is 0 Å². The molecular weight excluding hydrogens is 224 g/mol. The number of amides is 2. The minimum atomic E-state index is -1.07. The molecule has 3 unspecified atom stereocenters. The van der Waals surface area contributed by atoms with Gasteiger partial charge in [-0.25, -0.2) is 4.79 Å². The summed E-state index contributed by atoms with van der Waals surface area (Å²) in [5.74, 6) is -2.06. The van der Waals surface area contributed by atoms with Crippen LogP contribution >= 0.6 is 0 Å². The van der Waals surface area contributed by atoms with Crippen molar-refractivity contribution in [1.29, 1.82) is 0 Å². The maximum Gasteiger partial charge on any atom is 0.326 e. The number of hydrogen-bond acceptors (Lipinski definition) is 3. The van der Waals surface area contributed by atoms with Crippen LogP contribution in [0.5, 0.6) is 0 Å². The monoisotopic (exact) mass is 244 g/mol. The van der Waals surface area contributed by atoms with E-state index in [0.717, 1.165) is 0 Å². The van der Waals surface area contributed by atoms with Gasteiger partial charge in [0.2, 0.25) is 11.8 Å². The quantitative estimate of drug-likeness (QED) is 0.618. The molecule has 98 valence electrons. The third-order valence-electron chi connectivity index (χ3n) is 2.59. The summed E-state index contributed by atoms with van der Waals surface area (Å²) in [5.41, 5.74) is 0. The lowest BCUT2D eigenvalue weighted by Crippen LogP contribution is -2.52. The molecule has 17 heavy (non-hydrogen) atoms. The van der Waals surface area contributed by atoms with Crippen molar-refractivity contribution in [3.8, 4) is 0 Å². The minimum absolute atomic E-state index is 0.166. The van der Waals surface area contributed by atoms with Gasteiger partial charge in [-0.15, -0.1) is 0 Å². The van der Waals surface area contributed by atoms with Gasteiger partial charge in [-0.05, 0) is 12.8 Å². The van der Waals surface area contributed by atoms with Crippen LogP contribution in [0.4, 0.5) is 0 Å². The normalized spacial score (nSPS) is 15.5. The first-order chi connectivity index (χ1) is 7.79. The molecule has 6 nitrogen and oxygen atoms in total. The number of carboxylic acid groups (broad SMARTS) is 1. The van der Waals surface area contributed by atoms with Crippen molar-refractivity contribution in [2.45, 2.75) is 46.2 Å². The largest absolute Gasteiger partial charge is 0.480 e. The third-order valence-corrected chi connectivity index (χ3v) is 2.59. The van der Waals surface area contributed by atoms with E-state index < -0.39 is 24.0 Å². The summed E-state index contributed by atoms with van der Waals surface area (Å²) in [6.07, 6.45) is 0.645. The molecule has 2 amide bonds. The number of carboxylic acids is 1. The van der Waals surface area contributed by atoms with E-state index in [1.54, 1.807) is 6.92 Å². The SMILES string of the molecule is CCC(C)C(NC(=O)C(C)NC(C)=O)C(=O)O. The Balaban J connectivity index is 4.50. The van der Waals surface area contributed by atoms with Crippen LogP contribution in [0.1, 0.15) is 34.1 Å². The Hall–Kier alpha value is -1.59. The molecule has 0 bridgehead atoms. The molecule has 0 aromatic heterocycles. The number of hydrogen-bond donors (Lipinski definition) is 3. The lowest BCUT2D eigenvalue weighted by atomic mass is 9.99. The minimum Gasteiger partial charge on any atom is -0.480 e. The smallest absolute Gasteiger partial charge is 0.326 e. The third kappa shape index (κ3) is 5.33. The van der Waals surface area contributed by atoms with Crippen LogP contribution in [0.25, 0.3) is 0 Å². The standard InChI is InChI=1S/C11H20N2O4/c1-5-6(2)9(11(16)17)13-10(15)7(3)12-8(4)14/h6-7,9H,5H2,1-4H3,(H,12,14)(H,13,15)(H,16,17). The summed E-state index contributed by atoms with van der Waals surface area (Å²) in [4.78, 5) is 33.4. The highest BCUT2D eigenvalue weighted by Crippen LogP contribution is 2.08. The van der Waals surface area contributed by atoms with E-state index >= 15 is 0 Å². The van der Waals surface area contributed by atoms with Gasteiger partial charge in [0.15, 0.2) is 0 Å². The van der Waals surface area contributed by atoms with Crippen molar-refractivity contribution < 1.29 is 19.5 Å². The van der Waals surface area contributed by atoms with Crippen LogP contribution in [0.15, 0.2) is 0 Å². The maximum absolute atomic E-state index is 11.6. The van der Waals surface area contributed by atoms with E-state index in [-0.39, 0.29) is 11.8 Å². The molecule has 0 aromatic carbocycles. The Morgan fingerprint density at radius 3 is 2.06 bits per heavy atom. The lowest BCUT2D eigenvalue weighted by molar-refractivity contribution is -0.143. The van der Waals surface area contributed by atoms with E-state index in [1.807, 2.05) is 6.92 Å². The summed E-state index contributed by atoms with van der Waals surface area (Å²) in [6, 6.07) is -1.66. The van der Waals surface area contributed by atoms with Crippen LogP contribution in [0, 0.1) is 5.92 Å². The summed E-state index contributed by atoms with van der Waals surface area (Å²) in [5, 5.41) is 13.8. The number of rotatable bonds is 6. The van der Waals surface area contributed by atoms with Gasteiger partial charge in [0, 0.05) is 6.92 Å². The van der Waals surface area contributed by atoms with Gasteiger partial charge in [0.25, 0.3) is 0 Å². The molecule has 0 rings (SSSR count). The van der Waals surface area contributed by atoms with Crippen molar-refractivity contribution in [1.82, 2.24) is 10.6 Å². The topological polar surface area (TPSA) is 95.5 Å². The fourth-order valence-electron chi connectivity index (χ4n) is 1.33. The first-order valence-corrected chi connectivity index (χ1v) is 5.59. The summed E-state index contributed by atoms with van der Waals surface area (Å²) < 4.78 is 0. The number of aliphatic carboxylic acids is 1. The van der Waals surface area contributed by atoms with Crippen LogP contribution in [0.2, 0.25) is 0 Å². The van der Waals surface area contributed by atoms with Gasteiger partial charge in [-0.1, -0.05) is 20.3 Å². The molecule has 0 saturated carbocycles. The van der Waals surface area contributed by atoms with Gasteiger partial charge in [0.05, 0.1) is 0 Å². The fourth-order valence-corrected chi connectivity index (χ4v) is 1.33. The second kappa shape index (κ2) is 6.88. The van der Waals surface area contributed by atoms with Crippen molar-refractivity contribution in [2.24, 2.45) is 5.92 Å². The number of carbonyl (C=O) groups excluding carboxylic acids is 2. The van der Waals surface area contributed by atoms with Gasteiger partial charge < -0.3 is 15.7 Å². The van der Waals surface area contributed by atoms with Gasteiger partial charge in [0.1, 0.15) is 12.1 Å². The van der Waals surface area contributed by atoms with Crippen molar-refractivity contribution in [2.75, 3.05) is 0 Å².